The van der Waals surface area contributed by atoms with Crippen LogP contribution in [0, 0.1) is 6.92 Å². The number of fused-ring (bicyclic) bond motifs is 1. The van der Waals surface area contributed by atoms with Crippen LogP contribution in [-0.2, 0) is 6.54 Å². The Morgan fingerprint density at radius 3 is 2.65 bits per heavy atom. The van der Waals surface area contributed by atoms with E-state index >= 15 is 0 Å². The van der Waals surface area contributed by atoms with E-state index in [1.165, 1.54) is 11.1 Å². The van der Waals surface area contributed by atoms with E-state index in [0.717, 1.165) is 28.2 Å². The fraction of sp³-hybridized carbons (Fsp3) is 0.250. The van der Waals surface area contributed by atoms with E-state index in [9.17, 15) is 0 Å². The van der Waals surface area contributed by atoms with Crippen molar-refractivity contribution >= 4 is 21.6 Å². The van der Waals surface area contributed by atoms with Crippen LogP contribution in [0.2, 0.25) is 0 Å². The number of nitrogens with one attached hydrogen (secondary N) is 1. The van der Waals surface area contributed by atoms with E-state index in [1.54, 1.807) is 0 Å². The molecule has 4 heteroatoms. The minimum atomic E-state index is 0.620. The normalized spacial score (nSPS) is 13.1. The Kier molecular flexibility index (Phi) is 3.83. The molecular formula is C16H16BrNO2. The molecule has 0 aromatic heterocycles. The van der Waals surface area contributed by atoms with Crippen molar-refractivity contribution in [3.05, 3.63) is 52.0 Å². The van der Waals surface area contributed by atoms with E-state index in [2.05, 4.69) is 52.4 Å². The Bertz CT molecular complexity index is 608. The van der Waals surface area contributed by atoms with Gasteiger partial charge in [-0.2, -0.15) is 0 Å². The molecule has 2 aromatic carbocycles. The molecule has 0 saturated carbocycles. The predicted molar refractivity (Wildman–Crippen MR) is 83.6 cm³/mol. The number of hydrogen-bond acceptors (Lipinski definition) is 3. The molecule has 0 amide bonds. The minimum Gasteiger partial charge on any atom is -0.486 e. The number of benzene rings is 2. The van der Waals surface area contributed by atoms with E-state index in [-0.39, 0.29) is 0 Å². The van der Waals surface area contributed by atoms with Crippen molar-refractivity contribution < 1.29 is 9.47 Å². The summed E-state index contributed by atoms with van der Waals surface area (Å²) in [5.74, 6) is 1.67. The molecule has 1 aliphatic heterocycles. The van der Waals surface area contributed by atoms with Gasteiger partial charge in [0.2, 0.25) is 0 Å². The van der Waals surface area contributed by atoms with Crippen LogP contribution >= 0.6 is 15.9 Å². The fourth-order valence-corrected chi connectivity index (χ4v) is 2.85. The summed E-state index contributed by atoms with van der Waals surface area (Å²) < 4.78 is 12.2. The first kappa shape index (κ1) is 13.3. The van der Waals surface area contributed by atoms with Crippen LogP contribution in [0.4, 0.5) is 5.69 Å². The molecule has 20 heavy (non-hydrogen) atoms. The highest BCUT2D eigenvalue weighted by Gasteiger charge is 2.11. The molecule has 0 radical (unpaired) electrons. The lowest BCUT2D eigenvalue weighted by atomic mass is 10.1. The summed E-state index contributed by atoms with van der Waals surface area (Å²) in [4.78, 5) is 0. The van der Waals surface area contributed by atoms with Gasteiger partial charge in [-0.05, 0) is 48.4 Å². The fourth-order valence-electron chi connectivity index (χ4n) is 2.24. The zero-order chi connectivity index (χ0) is 13.9. The first-order valence-electron chi connectivity index (χ1n) is 6.60. The van der Waals surface area contributed by atoms with Crippen molar-refractivity contribution in [1.29, 1.82) is 0 Å². The Balaban J connectivity index is 1.71. The van der Waals surface area contributed by atoms with Gasteiger partial charge in [-0.25, -0.2) is 0 Å². The Morgan fingerprint density at radius 1 is 1.05 bits per heavy atom. The van der Waals surface area contributed by atoms with Crippen molar-refractivity contribution in [2.24, 2.45) is 0 Å². The maximum absolute atomic E-state index is 5.59. The smallest absolute Gasteiger partial charge is 0.161 e. The summed E-state index contributed by atoms with van der Waals surface area (Å²) in [7, 11) is 0. The standard InChI is InChI=1S/C16H16BrNO2/c1-11-6-13(17)9-14(7-11)18-10-12-2-3-15-16(8-12)20-5-4-19-15/h2-3,6-9,18H,4-5,10H2,1H3. The number of ether oxygens (including phenoxy) is 2. The monoisotopic (exact) mass is 333 g/mol. The van der Waals surface area contributed by atoms with E-state index < -0.39 is 0 Å². The van der Waals surface area contributed by atoms with Crippen LogP contribution in [0.25, 0.3) is 0 Å². The van der Waals surface area contributed by atoms with Gasteiger partial charge in [0.15, 0.2) is 11.5 Å². The second-order valence-electron chi connectivity index (χ2n) is 4.85. The van der Waals surface area contributed by atoms with Crippen LogP contribution in [0.1, 0.15) is 11.1 Å². The average Bonchev–Trinajstić information content (AvgIpc) is 2.44. The Labute approximate surface area is 127 Å². The van der Waals surface area contributed by atoms with Crippen molar-refractivity contribution in [3.63, 3.8) is 0 Å². The van der Waals surface area contributed by atoms with Gasteiger partial charge < -0.3 is 14.8 Å². The van der Waals surface area contributed by atoms with Crippen LogP contribution in [0.5, 0.6) is 11.5 Å². The summed E-state index contributed by atoms with van der Waals surface area (Å²) in [5, 5.41) is 3.42. The number of anilines is 1. The topological polar surface area (TPSA) is 30.5 Å². The molecule has 3 nitrogen and oxygen atoms in total. The second kappa shape index (κ2) is 5.75. The van der Waals surface area contributed by atoms with Gasteiger partial charge in [0.1, 0.15) is 13.2 Å². The zero-order valence-corrected chi connectivity index (χ0v) is 12.9. The van der Waals surface area contributed by atoms with Gasteiger partial charge in [0.25, 0.3) is 0 Å². The molecule has 2 aromatic rings. The van der Waals surface area contributed by atoms with Crippen LogP contribution in [-0.4, -0.2) is 13.2 Å². The lowest BCUT2D eigenvalue weighted by Gasteiger charge is -2.19. The van der Waals surface area contributed by atoms with Crippen molar-refractivity contribution in [2.45, 2.75) is 13.5 Å². The Hall–Kier alpha value is -1.68. The lowest BCUT2D eigenvalue weighted by molar-refractivity contribution is 0.171. The van der Waals surface area contributed by atoms with Crippen LogP contribution in [0.3, 0.4) is 0 Å². The predicted octanol–water partition coefficient (Wildman–Crippen LogP) is 4.14. The number of hydrogen-bond donors (Lipinski definition) is 1. The van der Waals surface area contributed by atoms with Gasteiger partial charge >= 0.3 is 0 Å². The molecule has 0 atom stereocenters. The first-order chi connectivity index (χ1) is 9.70. The molecule has 104 valence electrons. The van der Waals surface area contributed by atoms with Crippen LogP contribution < -0.4 is 14.8 Å². The van der Waals surface area contributed by atoms with Crippen LogP contribution in [0.15, 0.2) is 40.9 Å². The van der Waals surface area contributed by atoms with Crippen molar-refractivity contribution in [2.75, 3.05) is 18.5 Å². The van der Waals surface area contributed by atoms with Gasteiger partial charge in [0, 0.05) is 16.7 Å². The zero-order valence-electron chi connectivity index (χ0n) is 11.3. The van der Waals surface area contributed by atoms with Crippen molar-refractivity contribution in [1.82, 2.24) is 0 Å². The summed E-state index contributed by atoms with van der Waals surface area (Å²) in [5.41, 5.74) is 3.50. The summed E-state index contributed by atoms with van der Waals surface area (Å²) >= 11 is 3.51. The molecule has 0 fully saturated rings. The highest BCUT2D eigenvalue weighted by atomic mass is 79.9. The van der Waals surface area contributed by atoms with Gasteiger partial charge in [0.05, 0.1) is 0 Å². The van der Waals surface area contributed by atoms with Gasteiger partial charge in [-0.1, -0.05) is 22.0 Å². The maximum atomic E-state index is 5.59. The Morgan fingerprint density at radius 2 is 1.85 bits per heavy atom. The van der Waals surface area contributed by atoms with E-state index in [0.29, 0.717) is 13.2 Å². The summed E-state index contributed by atoms with van der Waals surface area (Å²) in [6.07, 6.45) is 0. The number of halogens is 1. The van der Waals surface area contributed by atoms with Gasteiger partial charge in [-0.3, -0.25) is 0 Å². The second-order valence-corrected chi connectivity index (χ2v) is 5.76. The molecule has 1 aliphatic rings. The van der Waals surface area contributed by atoms with E-state index in [4.69, 9.17) is 9.47 Å². The molecular weight excluding hydrogens is 318 g/mol. The molecule has 1 heterocycles. The van der Waals surface area contributed by atoms with Crippen molar-refractivity contribution in [3.8, 4) is 11.5 Å². The van der Waals surface area contributed by atoms with Gasteiger partial charge in [-0.15, -0.1) is 0 Å². The highest BCUT2D eigenvalue weighted by molar-refractivity contribution is 9.10. The molecule has 0 saturated heterocycles. The third kappa shape index (κ3) is 3.07. The quantitative estimate of drug-likeness (QED) is 0.915. The first-order valence-corrected chi connectivity index (χ1v) is 7.39. The average molecular weight is 334 g/mol. The highest BCUT2D eigenvalue weighted by Crippen LogP contribution is 2.31. The largest absolute Gasteiger partial charge is 0.486 e. The minimum absolute atomic E-state index is 0.620. The molecule has 0 bridgehead atoms. The molecule has 1 N–H and O–H groups in total. The number of aryl methyl sites for hydroxylation is 1. The third-order valence-electron chi connectivity index (χ3n) is 3.15. The number of rotatable bonds is 3. The molecule has 0 unspecified atom stereocenters. The van der Waals surface area contributed by atoms with E-state index in [1.807, 2.05) is 12.1 Å². The SMILES string of the molecule is Cc1cc(Br)cc(NCc2ccc3c(c2)OCCO3)c1. The molecule has 0 aliphatic carbocycles. The summed E-state index contributed by atoms with van der Waals surface area (Å²) in [6.45, 7) is 4.09. The summed E-state index contributed by atoms with van der Waals surface area (Å²) in [6, 6.07) is 12.4. The lowest BCUT2D eigenvalue weighted by Crippen LogP contribution is -2.15. The molecule has 3 rings (SSSR count). The molecule has 0 spiro atoms. The third-order valence-corrected chi connectivity index (χ3v) is 3.60. The maximum Gasteiger partial charge on any atom is 0.161 e.